The Hall–Kier alpha value is -1.86. The van der Waals surface area contributed by atoms with Gasteiger partial charge in [-0.25, -0.2) is 0 Å². The molecular formula is C16H26N2O5. The van der Waals surface area contributed by atoms with Crippen LogP contribution in [0.4, 0.5) is 0 Å². The van der Waals surface area contributed by atoms with E-state index in [0.29, 0.717) is 24.8 Å². The van der Waals surface area contributed by atoms with Crippen LogP contribution in [0.25, 0.3) is 0 Å². The Labute approximate surface area is 136 Å². The van der Waals surface area contributed by atoms with Gasteiger partial charge in [0.05, 0.1) is 6.61 Å². The highest BCUT2D eigenvalue weighted by Crippen LogP contribution is 2.14. The van der Waals surface area contributed by atoms with Crippen molar-refractivity contribution in [1.82, 2.24) is 5.32 Å². The topological polar surface area (TPSA) is 93.9 Å². The van der Waals surface area contributed by atoms with Gasteiger partial charge in [-0.2, -0.15) is 0 Å². The summed E-state index contributed by atoms with van der Waals surface area (Å²) in [5.74, 6) is 0.717. The summed E-state index contributed by atoms with van der Waals surface area (Å²) < 4.78 is 5.54. The Bertz CT molecular complexity index is 450. The molecule has 1 aromatic rings. The third-order valence-corrected chi connectivity index (χ3v) is 3.18. The maximum Gasteiger partial charge on any atom is 0.294 e. The van der Waals surface area contributed by atoms with Crippen molar-refractivity contribution in [2.24, 2.45) is 0 Å². The zero-order valence-electron chi connectivity index (χ0n) is 13.7. The molecule has 0 spiro atoms. The molecule has 1 unspecified atom stereocenters. The summed E-state index contributed by atoms with van der Waals surface area (Å²) >= 11 is 0. The third kappa shape index (κ3) is 9.70. The Morgan fingerprint density at radius 1 is 1.26 bits per heavy atom. The second-order valence-electron chi connectivity index (χ2n) is 5.69. The lowest BCUT2D eigenvalue weighted by atomic mass is 10.1. The number of unbranched alkanes of at least 4 members (excludes halogenated alkanes) is 1. The van der Waals surface area contributed by atoms with Crippen molar-refractivity contribution in [1.29, 1.82) is 0 Å². The van der Waals surface area contributed by atoms with Gasteiger partial charge in [0.1, 0.15) is 18.5 Å². The van der Waals surface area contributed by atoms with Gasteiger partial charge >= 0.3 is 0 Å². The molecule has 1 atom stereocenters. The van der Waals surface area contributed by atoms with Crippen molar-refractivity contribution in [2.45, 2.75) is 45.3 Å². The first-order valence-corrected chi connectivity index (χ1v) is 7.88. The summed E-state index contributed by atoms with van der Waals surface area (Å²) in [6.07, 6.45) is 1.77. The van der Waals surface area contributed by atoms with E-state index in [-0.39, 0.29) is 13.2 Å². The van der Waals surface area contributed by atoms with Crippen LogP contribution >= 0.6 is 0 Å². The number of nitrogens with one attached hydrogen (secondary N) is 1. The van der Waals surface area contributed by atoms with Gasteiger partial charge in [-0.05, 0) is 37.0 Å². The molecule has 0 amide bonds. The number of rotatable bonds is 12. The number of aliphatic hydroxyl groups is 1. The Morgan fingerprint density at radius 2 is 1.96 bits per heavy atom. The maximum absolute atomic E-state index is 10.0. The predicted octanol–water partition coefficient (Wildman–Crippen LogP) is 1.96. The molecule has 7 heteroatoms. The van der Waals surface area contributed by atoms with Crippen LogP contribution in [0.1, 0.15) is 32.3 Å². The minimum Gasteiger partial charge on any atom is -0.491 e. The van der Waals surface area contributed by atoms with E-state index < -0.39 is 11.2 Å². The molecule has 130 valence electrons. The van der Waals surface area contributed by atoms with Gasteiger partial charge < -0.3 is 20.0 Å². The third-order valence-electron chi connectivity index (χ3n) is 3.18. The summed E-state index contributed by atoms with van der Waals surface area (Å²) in [5.41, 5.74) is 1.14. The highest BCUT2D eigenvalue weighted by Gasteiger charge is 2.06. The molecule has 0 saturated heterocycles. The molecule has 7 nitrogen and oxygen atoms in total. The van der Waals surface area contributed by atoms with Gasteiger partial charge in [-0.3, -0.25) is 0 Å². The molecule has 1 rings (SSSR count). The van der Waals surface area contributed by atoms with E-state index in [4.69, 9.17) is 4.74 Å². The van der Waals surface area contributed by atoms with E-state index in [1.807, 2.05) is 38.1 Å². The summed E-state index contributed by atoms with van der Waals surface area (Å²) in [4.78, 5) is 14.3. The summed E-state index contributed by atoms with van der Waals surface area (Å²) in [7, 11) is 0. The van der Waals surface area contributed by atoms with Crippen LogP contribution < -0.4 is 10.1 Å². The van der Waals surface area contributed by atoms with Crippen molar-refractivity contribution in [2.75, 3.05) is 19.8 Å². The van der Waals surface area contributed by atoms with Crippen LogP contribution in [0.5, 0.6) is 5.75 Å². The first kappa shape index (κ1) is 19.2. The smallest absolute Gasteiger partial charge is 0.294 e. The first-order valence-electron chi connectivity index (χ1n) is 7.88. The fraction of sp³-hybridized carbons (Fsp3) is 0.625. The highest BCUT2D eigenvalue weighted by atomic mass is 16.9. The quantitative estimate of drug-likeness (QED) is 0.346. The molecule has 0 aliphatic rings. The van der Waals surface area contributed by atoms with Crippen LogP contribution in [0.3, 0.4) is 0 Å². The maximum atomic E-state index is 10.0. The van der Waals surface area contributed by atoms with Gasteiger partial charge in [-0.15, -0.1) is 10.1 Å². The molecule has 0 radical (unpaired) electrons. The first-order chi connectivity index (χ1) is 11.0. The molecule has 0 fully saturated rings. The fourth-order valence-electron chi connectivity index (χ4n) is 1.95. The van der Waals surface area contributed by atoms with E-state index in [1.165, 1.54) is 0 Å². The van der Waals surface area contributed by atoms with Gasteiger partial charge in [0.2, 0.25) is 0 Å². The monoisotopic (exact) mass is 326 g/mol. The molecule has 0 aromatic heterocycles. The largest absolute Gasteiger partial charge is 0.491 e. The molecule has 0 saturated carbocycles. The number of aryl methyl sites for hydroxylation is 1. The molecule has 0 heterocycles. The average molecular weight is 326 g/mol. The van der Waals surface area contributed by atoms with E-state index >= 15 is 0 Å². The standard InChI is InChI=1S/C16H26N2O5/c1-13(2)17-11-15(19)12-22-16-8-6-14(7-9-16)5-3-4-10-23-18(20)21/h6-9,13,15,17,19H,3-5,10-12H2,1-2H3. The zero-order chi connectivity index (χ0) is 17.1. The van der Waals surface area contributed by atoms with Crippen LogP contribution in [-0.4, -0.2) is 42.1 Å². The average Bonchev–Trinajstić information content (AvgIpc) is 2.51. The Morgan fingerprint density at radius 3 is 2.57 bits per heavy atom. The van der Waals surface area contributed by atoms with Gasteiger partial charge in [-0.1, -0.05) is 26.0 Å². The lowest BCUT2D eigenvalue weighted by Crippen LogP contribution is -2.35. The molecule has 2 N–H and O–H groups in total. The summed E-state index contributed by atoms with van der Waals surface area (Å²) in [6.45, 7) is 4.93. The Balaban J connectivity index is 2.21. The number of benzene rings is 1. The van der Waals surface area contributed by atoms with Crippen molar-refractivity contribution in [3.8, 4) is 5.75 Å². The fourth-order valence-corrected chi connectivity index (χ4v) is 1.95. The van der Waals surface area contributed by atoms with Crippen LogP contribution in [0, 0.1) is 10.1 Å². The SMILES string of the molecule is CC(C)NCC(O)COc1ccc(CCCCO[N+](=O)[O-])cc1. The summed E-state index contributed by atoms with van der Waals surface area (Å²) in [6, 6.07) is 7.99. The van der Waals surface area contributed by atoms with Crippen LogP contribution in [0.2, 0.25) is 0 Å². The molecule has 23 heavy (non-hydrogen) atoms. The summed E-state index contributed by atoms with van der Waals surface area (Å²) in [5, 5.41) is 22.2. The second kappa shape index (κ2) is 10.8. The number of aliphatic hydroxyl groups excluding tert-OH is 1. The van der Waals surface area contributed by atoms with E-state index in [9.17, 15) is 15.2 Å². The minimum atomic E-state index is -0.767. The van der Waals surface area contributed by atoms with E-state index in [2.05, 4.69) is 10.2 Å². The van der Waals surface area contributed by atoms with Crippen molar-refractivity contribution >= 4 is 0 Å². The van der Waals surface area contributed by atoms with Gasteiger partial charge in [0.15, 0.2) is 0 Å². The van der Waals surface area contributed by atoms with Crippen molar-refractivity contribution in [3.05, 3.63) is 39.9 Å². The lowest BCUT2D eigenvalue weighted by molar-refractivity contribution is -0.757. The van der Waals surface area contributed by atoms with Crippen LogP contribution in [0.15, 0.2) is 24.3 Å². The van der Waals surface area contributed by atoms with Crippen molar-refractivity contribution < 1.29 is 19.8 Å². The molecule has 0 bridgehead atoms. The minimum absolute atomic E-state index is 0.135. The van der Waals surface area contributed by atoms with Gasteiger partial charge in [0.25, 0.3) is 5.09 Å². The van der Waals surface area contributed by atoms with Crippen molar-refractivity contribution in [3.63, 3.8) is 0 Å². The molecule has 0 aliphatic heterocycles. The number of nitrogens with zero attached hydrogens (tertiary/aromatic N) is 1. The normalized spacial score (nSPS) is 12.2. The molecule has 1 aromatic carbocycles. The van der Waals surface area contributed by atoms with Gasteiger partial charge in [0, 0.05) is 12.6 Å². The molecular weight excluding hydrogens is 300 g/mol. The zero-order valence-corrected chi connectivity index (χ0v) is 13.7. The second-order valence-corrected chi connectivity index (χ2v) is 5.69. The van der Waals surface area contributed by atoms with Crippen LogP contribution in [-0.2, 0) is 11.3 Å². The van der Waals surface area contributed by atoms with E-state index in [0.717, 1.165) is 18.4 Å². The Kier molecular flexibility index (Phi) is 9.01. The predicted molar refractivity (Wildman–Crippen MR) is 87.0 cm³/mol. The lowest BCUT2D eigenvalue weighted by Gasteiger charge is -2.15. The number of hydrogen-bond acceptors (Lipinski definition) is 6. The van der Waals surface area contributed by atoms with E-state index in [1.54, 1.807) is 0 Å². The number of hydrogen-bond donors (Lipinski definition) is 2. The number of ether oxygens (including phenoxy) is 1. The highest BCUT2D eigenvalue weighted by molar-refractivity contribution is 5.27. The molecule has 0 aliphatic carbocycles.